The summed E-state index contributed by atoms with van der Waals surface area (Å²) >= 11 is 1.61. The third-order valence-corrected chi connectivity index (χ3v) is 5.04. The summed E-state index contributed by atoms with van der Waals surface area (Å²) in [7, 11) is 0. The van der Waals surface area contributed by atoms with Gasteiger partial charge in [-0.05, 0) is 44.0 Å². The van der Waals surface area contributed by atoms with Crippen molar-refractivity contribution in [2.24, 2.45) is 0 Å². The number of nitrogens with one attached hydrogen (secondary N) is 1. The van der Waals surface area contributed by atoms with Crippen LogP contribution in [0, 0.1) is 18.3 Å². The maximum atomic E-state index is 12.7. The van der Waals surface area contributed by atoms with Crippen LogP contribution in [0.5, 0.6) is 0 Å². The van der Waals surface area contributed by atoms with E-state index < -0.39 is 0 Å². The molecule has 1 amide bonds. The van der Waals surface area contributed by atoms with Crippen molar-refractivity contribution in [1.82, 2.24) is 10.3 Å². The van der Waals surface area contributed by atoms with Gasteiger partial charge >= 0.3 is 0 Å². The number of aromatic nitrogens is 1. The molecule has 0 aliphatic carbocycles. The number of nitrogens with zero attached hydrogens (tertiary/aromatic N) is 3. The van der Waals surface area contributed by atoms with Gasteiger partial charge in [0.05, 0.1) is 28.9 Å². The highest BCUT2D eigenvalue weighted by Gasteiger charge is 2.29. The monoisotopic (exact) mass is 326 g/mol. The van der Waals surface area contributed by atoms with E-state index in [0.717, 1.165) is 30.8 Å². The van der Waals surface area contributed by atoms with Gasteiger partial charge in [-0.2, -0.15) is 5.26 Å². The van der Waals surface area contributed by atoms with Gasteiger partial charge in [0.15, 0.2) is 0 Å². The zero-order chi connectivity index (χ0) is 16.2. The van der Waals surface area contributed by atoms with Crippen molar-refractivity contribution in [1.29, 1.82) is 5.26 Å². The fourth-order valence-corrected chi connectivity index (χ4v) is 3.48. The average Bonchev–Trinajstić information content (AvgIpc) is 2.99. The first-order valence-corrected chi connectivity index (χ1v) is 8.51. The van der Waals surface area contributed by atoms with E-state index in [9.17, 15) is 4.79 Å². The molecule has 0 radical (unpaired) electrons. The standard InChI is InChI=1S/C17H18N4OS/c1-12-16(23-11-20-12)10-19-15-3-2-8-21(17(15)22)14-6-4-13(9-18)5-7-14/h4-7,11,15,19H,2-3,8,10H2,1H3. The number of thiazole rings is 1. The topological polar surface area (TPSA) is 69.0 Å². The Labute approximate surface area is 139 Å². The minimum absolute atomic E-state index is 0.100. The minimum atomic E-state index is -0.166. The predicted octanol–water partition coefficient (Wildman–Crippen LogP) is 2.61. The Balaban J connectivity index is 1.68. The Morgan fingerprint density at radius 3 is 2.87 bits per heavy atom. The van der Waals surface area contributed by atoms with Gasteiger partial charge in [-0.25, -0.2) is 4.98 Å². The molecule has 0 bridgehead atoms. The molecule has 5 nitrogen and oxygen atoms in total. The molecule has 1 aliphatic heterocycles. The molecule has 23 heavy (non-hydrogen) atoms. The quantitative estimate of drug-likeness (QED) is 0.938. The number of carbonyl (C=O) groups is 1. The Kier molecular flexibility index (Phi) is 4.70. The number of rotatable bonds is 4. The van der Waals surface area contributed by atoms with Crippen LogP contribution in [0.15, 0.2) is 29.8 Å². The Bertz CT molecular complexity index is 732. The lowest BCUT2D eigenvalue weighted by Crippen LogP contribution is -2.50. The predicted molar refractivity (Wildman–Crippen MR) is 90.2 cm³/mol. The molecule has 1 N–H and O–H groups in total. The van der Waals surface area contributed by atoms with E-state index in [4.69, 9.17) is 5.26 Å². The van der Waals surface area contributed by atoms with Crippen LogP contribution in [0.4, 0.5) is 5.69 Å². The molecule has 3 rings (SSSR count). The largest absolute Gasteiger partial charge is 0.311 e. The van der Waals surface area contributed by atoms with Crippen molar-refractivity contribution in [3.8, 4) is 6.07 Å². The smallest absolute Gasteiger partial charge is 0.244 e. The SMILES string of the molecule is Cc1ncsc1CNC1CCCN(c2ccc(C#N)cc2)C1=O. The first-order valence-electron chi connectivity index (χ1n) is 7.63. The number of aryl methyl sites for hydroxylation is 1. The van der Waals surface area contributed by atoms with Crippen molar-refractivity contribution < 1.29 is 4.79 Å². The van der Waals surface area contributed by atoms with Gasteiger partial charge in [0.2, 0.25) is 5.91 Å². The molecule has 1 atom stereocenters. The Morgan fingerprint density at radius 2 is 2.22 bits per heavy atom. The summed E-state index contributed by atoms with van der Waals surface area (Å²) in [5, 5.41) is 12.2. The van der Waals surface area contributed by atoms with E-state index in [0.29, 0.717) is 12.1 Å². The number of anilines is 1. The van der Waals surface area contributed by atoms with Crippen LogP contribution < -0.4 is 10.2 Å². The third-order valence-electron chi connectivity index (χ3n) is 4.10. The number of benzene rings is 1. The highest BCUT2D eigenvalue weighted by molar-refractivity contribution is 7.09. The number of hydrogen-bond donors (Lipinski definition) is 1. The van der Waals surface area contributed by atoms with Crippen LogP contribution in [0.25, 0.3) is 0 Å². The van der Waals surface area contributed by atoms with Crippen molar-refractivity contribution in [2.75, 3.05) is 11.4 Å². The van der Waals surface area contributed by atoms with Crippen LogP contribution in [0.2, 0.25) is 0 Å². The summed E-state index contributed by atoms with van der Waals surface area (Å²) in [6, 6.07) is 9.11. The second-order valence-corrected chi connectivity index (χ2v) is 6.52. The minimum Gasteiger partial charge on any atom is -0.311 e. The number of piperidine rings is 1. The number of carbonyl (C=O) groups excluding carboxylic acids is 1. The number of hydrogen-bond acceptors (Lipinski definition) is 5. The average molecular weight is 326 g/mol. The first kappa shape index (κ1) is 15.7. The van der Waals surface area contributed by atoms with Crippen molar-refractivity contribution in [2.45, 2.75) is 32.4 Å². The Hall–Kier alpha value is -2.23. The zero-order valence-corrected chi connectivity index (χ0v) is 13.8. The maximum absolute atomic E-state index is 12.7. The highest BCUT2D eigenvalue weighted by Crippen LogP contribution is 2.22. The third kappa shape index (κ3) is 3.41. The van der Waals surface area contributed by atoms with Crippen LogP contribution in [0.1, 0.15) is 29.0 Å². The van der Waals surface area contributed by atoms with E-state index in [2.05, 4.69) is 16.4 Å². The molecule has 2 heterocycles. The number of amides is 1. The molecule has 118 valence electrons. The van der Waals surface area contributed by atoms with Crippen LogP contribution >= 0.6 is 11.3 Å². The molecule has 0 saturated carbocycles. The van der Waals surface area contributed by atoms with Gasteiger partial charge in [-0.3, -0.25) is 4.79 Å². The van der Waals surface area contributed by atoms with Gasteiger partial charge in [0.25, 0.3) is 0 Å². The van der Waals surface area contributed by atoms with Crippen molar-refractivity contribution in [3.63, 3.8) is 0 Å². The molecule has 1 aromatic carbocycles. The normalized spacial score (nSPS) is 18.0. The zero-order valence-electron chi connectivity index (χ0n) is 13.0. The summed E-state index contributed by atoms with van der Waals surface area (Å²) in [6.45, 7) is 3.38. The van der Waals surface area contributed by atoms with E-state index in [1.165, 1.54) is 4.88 Å². The van der Waals surface area contributed by atoms with Gasteiger partial charge in [0, 0.05) is 23.7 Å². The summed E-state index contributed by atoms with van der Waals surface area (Å²) in [6.07, 6.45) is 1.81. The summed E-state index contributed by atoms with van der Waals surface area (Å²) in [5.41, 5.74) is 4.32. The van der Waals surface area contributed by atoms with E-state index >= 15 is 0 Å². The molecule has 6 heteroatoms. The fourth-order valence-electron chi connectivity index (χ4n) is 2.75. The molecule has 1 fully saturated rings. The first-order chi connectivity index (χ1) is 11.2. The maximum Gasteiger partial charge on any atom is 0.244 e. The second kappa shape index (κ2) is 6.90. The molecule has 1 unspecified atom stereocenters. The molecule has 1 aliphatic rings. The molecular formula is C17H18N4OS. The fraction of sp³-hybridized carbons (Fsp3) is 0.353. The van der Waals surface area contributed by atoms with Gasteiger partial charge in [0.1, 0.15) is 0 Å². The molecule has 2 aromatic rings. The molecule has 1 aromatic heterocycles. The molecule has 0 spiro atoms. The van der Waals surface area contributed by atoms with Gasteiger partial charge < -0.3 is 10.2 Å². The summed E-state index contributed by atoms with van der Waals surface area (Å²) < 4.78 is 0. The number of nitriles is 1. The molecule has 1 saturated heterocycles. The van der Waals surface area contributed by atoms with E-state index in [1.54, 1.807) is 23.5 Å². The van der Waals surface area contributed by atoms with E-state index in [1.807, 2.05) is 29.5 Å². The van der Waals surface area contributed by atoms with Gasteiger partial charge in [-0.1, -0.05) is 0 Å². The Morgan fingerprint density at radius 1 is 1.43 bits per heavy atom. The lowest BCUT2D eigenvalue weighted by molar-refractivity contribution is -0.121. The molecular weight excluding hydrogens is 308 g/mol. The van der Waals surface area contributed by atoms with Crippen LogP contribution in [-0.2, 0) is 11.3 Å². The highest BCUT2D eigenvalue weighted by atomic mass is 32.1. The lowest BCUT2D eigenvalue weighted by Gasteiger charge is -2.32. The lowest BCUT2D eigenvalue weighted by atomic mass is 10.0. The van der Waals surface area contributed by atoms with Crippen molar-refractivity contribution in [3.05, 3.63) is 45.9 Å². The van der Waals surface area contributed by atoms with Crippen molar-refractivity contribution >= 4 is 22.9 Å². The second-order valence-electron chi connectivity index (χ2n) is 5.59. The van der Waals surface area contributed by atoms with Crippen LogP contribution in [-0.4, -0.2) is 23.5 Å². The van der Waals surface area contributed by atoms with E-state index in [-0.39, 0.29) is 11.9 Å². The summed E-state index contributed by atoms with van der Waals surface area (Å²) in [4.78, 5) is 19.9. The van der Waals surface area contributed by atoms with Crippen LogP contribution in [0.3, 0.4) is 0 Å². The summed E-state index contributed by atoms with van der Waals surface area (Å²) in [5.74, 6) is 0.100. The van der Waals surface area contributed by atoms with Gasteiger partial charge in [-0.15, -0.1) is 11.3 Å².